The third kappa shape index (κ3) is 2.23. The highest BCUT2D eigenvalue weighted by Gasteiger charge is 2.01. The molecule has 0 amide bonds. The molecule has 0 unspecified atom stereocenters. The van der Waals surface area contributed by atoms with Gasteiger partial charge in [0.25, 0.3) is 0 Å². The Hall–Kier alpha value is -1.56. The van der Waals surface area contributed by atoms with Gasteiger partial charge in [-0.15, -0.1) is 10.2 Å². The highest BCUT2D eigenvalue weighted by molar-refractivity contribution is 7.11. The molecule has 72 valence electrons. The molecule has 0 saturated carbocycles. The first-order valence-electron chi connectivity index (χ1n) is 4.03. The third-order valence-corrected chi connectivity index (χ3v) is 2.30. The van der Waals surface area contributed by atoms with Crippen molar-refractivity contribution in [2.45, 2.75) is 13.5 Å². The van der Waals surface area contributed by atoms with Crippen LogP contribution in [0.25, 0.3) is 0 Å². The van der Waals surface area contributed by atoms with Crippen LogP contribution in [0.4, 0.5) is 0 Å². The van der Waals surface area contributed by atoms with Crippen molar-refractivity contribution in [3.05, 3.63) is 28.5 Å². The lowest BCUT2D eigenvalue weighted by Crippen LogP contribution is -1.95. The predicted octanol–water partition coefficient (Wildman–Crippen LogP) is 1.22. The lowest BCUT2D eigenvalue weighted by atomic mass is 10.5. The molecule has 0 saturated heterocycles. The van der Waals surface area contributed by atoms with Gasteiger partial charge in [-0.05, 0) is 6.92 Å². The molecule has 0 atom stereocenters. The number of rotatable bonds is 3. The first kappa shape index (κ1) is 9.01. The van der Waals surface area contributed by atoms with Crippen molar-refractivity contribution in [2.75, 3.05) is 0 Å². The predicted molar refractivity (Wildman–Crippen MR) is 51.0 cm³/mol. The number of ether oxygens (including phenoxy) is 1. The Labute approximate surface area is 84.8 Å². The van der Waals surface area contributed by atoms with Crippen molar-refractivity contribution in [3.8, 4) is 5.75 Å². The molecule has 0 fully saturated rings. The molecule has 2 heterocycles. The summed E-state index contributed by atoms with van der Waals surface area (Å²) in [4.78, 5) is 0. The van der Waals surface area contributed by atoms with Gasteiger partial charge in [-0.25, -0.2) is 0 Å². The van der Waals surface area contributed by atoms with E-state index in [9.17, 15) is 0 Å². The van der Waals surface area contributed by atoms with Crippen LogP contribution in [0.15, 0.2) is 18.5 Å². The Bertz CT molecular complexity index is 403. The summed E-state index contributed by atoms with van der Waals surface area (Å²) < 4.78 is 5.41. The molecule has 0 aliphatic carbocycles. The van der Waals surface area contributed by atoms with Gasteiger partial charge in [-0.2, -0.15) is 10.2 Å². The molecule has 2 aromatic rings. The molecule has 0 N–H and O–H groups in total. The summed E-state index contributed by atoms with van der Waals surface area (Å²) in [6.45, 7) is 2.34. The second-order valence-electron chi connectivity index (χ2n) is 2.58. The van der Waals surface area contributed by atoms with Crippen molar-refractivity contribution in [1.82, 2.24) is 20.4 Å². The molecular formula is C8H8N4OS. The van der Waals surface area contributed by atoms with E-state index in [-0.39, 0.29) is 0 Å². The minimum Gasteiger partial charge on any atom is -0.485 e. The zero-order valence-corrected chi connectivity index (χ0v) is 8.36. The van der Waals surface area contributed by atoms with Crippen LogP contribution in [0.1, 0.15) is 10.0 Å². The molecule has 0 aliphatic rings. The van der Waals surface area contributed by atoms with E-state index in [1.807, 2.05) is 6.92 Å². The summed E-state index contributed by atoms with van der Waals surface area (Å²) >= 11 is 1.52. The summed E-state index contributed by atoms with van der Waals surface area (Å²) in [7, 11) is 0. The zero-order chi connectivity index (χ0) is 9.80. The number of hydrogen-bond acceptors (Lipinski definition) is 6. The molecule has 0 spiro atoms. The summed E-state index contributed by atoms with van der Waals surface area (Å²) in [5.74, 6) is 0.688. The Kier molecular flexibility index (Phi) is 2.64. The zero-order valence-electron chi connectivity index (χ0n) is 7.54. The highest BCUT2D eigenvalue weighted by Crippen LogP contribution is 2.12. The van der Waals surface area contributed by atoms with Crippen LogP contribution >= 0.6 is 11.3 Å². The van der Waals surface area contributed by atoms with Gasteiger partial charge >= 0.3 is 0 Å². The van der Waals surface area contributed by atoms with Crippen LogP contribution in [-0.4, -0.2) is 20.4 Å². The molecule has 2 aromatic heterocycles. The largest absolute Gasteiger partial charge is 0.485 e. The SMILES string of the molecule is Cc1nnc(COc2ccnnc2)s1. The van der Waals surface area contributed by atoms with Crippen LogP contribution in [0.5, 0.6) is 5.75 Å². The quantitative estimate of drug-likeness (QED) is 0.758. The van der Waals surface area contributed by atoms with Crippen molar-refractivity contribution in [3.63, 3.8) is 0 Å². The maximum atomic E-state index is 5.41. The van der Waals surface area contributed by atoms with E-state index in [0.717, 1.165) is 10.0 Å². The lowest BCUT2D eigenvalue weighted by Gasteiger charge is -2.00. The van der Waals surface area contributed by atoms with Gasteiger partial charge < -0.3 is 4.74 Å². The fourth-order valence-corrected chi connectivity index (χ4v) is 1.53. The number of aromatic nitrogens is 4. The molecule has 6 heteroatoms. The summed E-state index contributed by atoms with van der Waals surface area (Å²) in [5, 5.41) is 17.0. The van der Waals surface area contributed by atoms with Crippen LogP contribution in [-0.2, 0) is 6.61 Å². The third-order valence-electron chi connectivity index (χ3n) is 1.49. The Morgan fingerprint density at radius 3 is 2.93 bits per heavy atom. The van der Waals surface area contributed by atoms with Crippen molar-refractivity contribution in [2.24, 2.45) is 0 Å². The van der Waals surface area contributed by atoms with Crippen LogP contribution in [0.3, 0.4) is 0 Å². The number of hydrogen-bond donors (Lipinski definition) is 0. The number of nitrogens with zero attached hydrogens (tertiary/aromatic N) is 4. The Morgan fingerprint density at radius 2 is 2.29 bits per heavy atom. The Balaban J connectivity index is 1.95. The minimum atomic E-state index is 0.428. The van der Waals surface area contributed by atoms with E-state index >= 15 is 0 Å². The molecule has 14 heavy (non-hydrogen) atoms. The van der Waals surface area contributed by atoms with Crippen molar-refractivity contribution in [1.29, 1.82) is 0 Å². The van der Waals surface area contributed by atoms with E-state index < -0.39 is 0 Å². The minimum absolute atomic E-state index is 0.428. The van der Waals surface area contributed by atoms with Gasteiger partial charge in [0.2, 0.25) is 0 Å². The second-order valence-corrected chi connectivity index (χ2v) is 3.85. The normalized spacial score (nSPS) is 10.1. The van der Waals surface area contributed by atoms with E-state index in [2.05, 4.69) is 20.4 Å². The fourth-order valence-electron chi connectivity index (χ4n) is 0.905. The number of aryl methyl sites for hydroxylation is 1. The van der Waals surface area contributed by atoms with Crippen LogP contribution < -0.4 is 4.74 Å². The van der Waals surface area contributed by atoms with Gasteiger partial charge in [0.05, 0.1) is 12.4 Å². The molecule has 0 aromatic carbocycles. The van der Waals surface area contributed by atoms with E-state index in [4.69, 9.17) is 4.74 Å². The van der Waals surface area contributed by atoms with Gasteiger partial charge in [0.1, 0.15) is 17.4 Å². The van der Waals surface area contributed by atoms with Gasteiger partial charge in [-0.3, -0.25) is 0 Å². The second kappa shape index (κ2) is 4.10. The van der Waals surface area contributed by atoms with Crippen molar-refractivity contribution >= 4 is 11.3 Å². The van der Waals surface area contributed by atoms with Crippen LogP contribution in [0, 0.1) is 6.92 Å². The molecule has 5 nitrogen and oxygen atoms in total. The topological polar surface area (TPSA) is 60.8 Å². The summed E-state index contributed by atoms with van der Waals surface area (Å²) in [6.07, 6.45) is 3.15. The standard InChI is InChI=1S/C8H8N4OS/c1-6-11-12-8(14-6)5-13-7-2-3-9-10-4-7/h2-4H,5H2,1H3. The summed E-state index contributed by atoms with van der Waals surface area (Å²) in [5.41, 5.74) is 0. The molecule has 0 radical (unpaired) electrons. The van der Waals surface area contributed by atoms with Gasteiger partial charge in [0, 0.05) is 6.07 Å². The maximum Gasteiger partial charge on any atom is 0.155 e. The molecule has 0 aliphatic heterocycles. The average Bonchev–Trinajstić information content (AvgIpc) is 2.63. The maximum absolute atomic E-state index is 5.41. The monoisotopic (exact) mass is 208 g/mol. The Morgan fingerprint density at radius 1 is 1.36 bits per heavy atom. The first-order valence-corrected chi connectivity index (χ1v) is 4.85. The summed E-state index contributed by atoms with van der Waals surface area (Å²) in [6, 6.07) is 1.75. The van der Waals surface area contributed by atoms with Crippen molar-refractivity contribution < 1.29 is 4.74 Å². The lowest BCUT2D eigenvalue weighted by molar-refractivity contribution is 0.302. The first-order chi connectivity index (χ1) is 6.84. The van der Waals surface area contributed by atoms with E-state index in [1.165, 1.54) is 11.3 Å². The average molecular weight is 208 g/mol. The molecule has 0 bridgehead atoms. The van der Waals surface area contributed by atoms with Crippen LogP contribution in [0.2, 0.25) is 0 Å². The van der Waals surface area contributed by atoms with E-state index in [1.54, 1.807) is 18.5 Å². The van der Waals surface area contributed by atoms with Gasteiger partial charge in [0.15, 0.2) is 5.01 Å². The fraction of sp³-hybridized carbons (Fsp3) is 0.250. The molecular weight excluding hydrogens is 200 g/mol. The van der Waals surface area contributed by atoms with E-state index in [0.29, 0.717) is 12.4 Å². The molecule has 2 rings (SSSR count). The van der Waals surface area contributed by atoms with Gasteiger partial charge in [-0.1, -0.05) is 11.3 Å². The smallest absolute Gasteiger partial charge is 0.155 e. The highest BCUT2D eigenvalue weighted by atomic mass is 32.1.